The van der Waals surface area contributed by atoms with Gasteiger partial charge in [0.15, 0.2) is 8.32 Å². The summed E-state index contributed by atoms with van der Waals surface area (Å²) in [6.07, 6.45) is -0.353. The minimum Gasteiger partial charge on any atom is -0.480 e. The van der Waals surface area contributed by atoms with Crippen LogP contribution in [0.5, 0.6) is 0 Å². The Labute approximate surface area is 109 Å². The standard InChI is InChI=1S/C12H23NO4Si/c1-12(2,3)18(5,6)17-9-7-8(11(15)16)13(4)10(9)14/h8-9H,7H2,1-6H3,(H,15,16)/t8-,9-/m0/s1. The molecule has 1 rings (SSSR count). The zero-order valence-corrected chi connectivity index (χ0v) is 13.0. The van der Waals surface area contributed by atoms with Crippen molar-refractivity contribution in [3.05, 3.63) is 0 Å². The molecule has 1 fully saturated rings. The van der Waals surface area contributed by atoms with Gasteiger partial charge < -0.3 is 14.4 Å². The maximum Gasteiger partial charge on any atom is 0.326 e. The third-order valence-corrected chi connectivity index (χ3v) is 8.54. The molecule has 1 aliphatic rings. The second-order valence-electron chi connectivity index (χ2n) is 6.41. The number of nitrogens with zero attached hydrogens (tertiary/aromatic N) is 1. The van der Waals surface area contributed by atoms with Gasteiger partial charge in [0, 0.05) is 13.5 Å². The molecule has 1 N–H and O–H groups in total. The molecular formula is C12H23NO4Si. The normalized spacial score (nSPS) is 25.7. The zero-order valence-electron chi connectivity index (χ0n) is 12.0. The van der Waals surface area contributed by atoms with Crippen LogP contribution in [0.4, 0.5) is 0 Å². The van der Waals surface area contributed by atoms with E-state index in [1.165, 1.54) is 11.9 Å². The van der Waals surface area contributed by atoms with Crippen molar-refractivity contribution in [2.75, 3.05) is 7.05 Å². The lowest BCUT2D eigenvalue weighted by Gasteiger charge is -2.37. The zero-order chi connectivity index (χ0) is 14.3. The number of aliphatic carboxylic acids is 1. The molecule has 0 aromatic rings. The lowest BCUT2D eigenvalue weighted by molar-refractivity contribution is -0.145. The Kier molecular flexibility index (Phi) is 3.93. The van der Waals surface area contributed by atoms with Crippen LogP contribution in [0.3, 0.4) is 0 Å². The molecule has 0 bridgehead atoms. The van der Waals surface area contributed by atoms with Crippen molar-refractivity contribution in [2.24, 2.45) is 0 Å². The lowest BCUT2D eigenvalue weighted by atomic mass is 10.2. The number of likely N-dealkylation sites (tertiary alicyclic amines) is 1. The highest BCUT2D eigenvalue weighted by molar-refractivity contribution is 6.74. The number of likely N-dealkylation sites (N-methyl/N-ethyl adjacent to an activating group) is 1. The van der Waals surface area contributed by atoms with Gasteiger partial charge >= 0.3 is 5.97 Å². The summed E-state index contributed by atoms with van der Waals surface area (Å²) in [5.41, 5.74) is 0. The van der Waals surface area contributed by atoms with E-state index in [9.17, 15) is 9.59 Å². The van der Waals surface area contributed by atoms with Crippen molar-refractivity contribution >= 4 is 20.2 Å². The predicted octanol–water partition coefficient (Wildman–Crippen LogP) is 1.69. The van der Waals surface area contributed by atoms with Gasteiger partial charge in [-0.15, -0.1) is 0 Å². The molecular weight excluding hydrogens is 250 g/mol. The Morgan fingerprint density at radius 2 is 1.94 bits per heavy atom. The van der Waals surface area contributed by atoms with Crippen LogP contribution in [-0.2, 0) is 14.0 Å². The fourth-order valence-electron chi connectivity index (χ4n) is 1.74. The number of carbonyl (C=O) groups excluding carboxylic acids is 1. The molecule has 1 amide bonds. The average molecular weight is 273 g/mol. The first-order chi connectivity index (χ1) is 7.97. The molecule has 1 saturated heterocycles. The molecule has 0 spiro atoms. The average Bonchev–Trinajstić information content (AvgIpc) is 2.44. The van der Waals surface area contributed by atoms with Crippen LogP contribution < -0.4 is 0 Å². The van der Waals surface area contributed by atoms with Crippen LogP contribution in [0, 0.1) is 0 Å². The van der Waals surface area contributed by atoms with E-state index in [2.05, 4.69) is 33.9 Å². The fraction of sp³-hybridized carbons (Fsp3) is 0.833. The number of amides is 1. The molecule has 0 saturated carbocycles. The largest absolute Gasteiger partial charge is 0.480 e. The Morgan fingerprint density at radius 3 is 2.28 bits per heavy atom. The molecule has 2 atom stereocenters. The second-order valence-corrected chi connectivity index (χ2v) is 11.2. The maximum atomic E-state index is 12.0. The van der Waals surface area contributed by atoms with Gasteiger partial charge in [-0.25, -0.2) is 4.79 Å². The van der Waals surface area contributed by atoms with Gasteiger partial charge in [-0.3, -0.25) is 4.79 Å². The van der Waals surface area contributed by atoms with Crippen molar-refractivity contribution in [1.82, 2.24) is 4.90 Å². The van der Waals surface area contributed by atoms with Crippen LogP contribution in [0.25, 0.3) is 0 Å². The number of carboxylic acids is 1. The number of carbonyl (C=O) groups is 2. The monoisotopic (exact) mass is 273 g/mol. The Morgan fingerprint density at radius 1 is 1.44 bits per heavy atom. The molecule has 0 aromatic carbocycles. The van der Waals surface area contributed by atoms with Gasteiger partial charge in [-0.05, 0) is 18.1 Å². The SMILES string of the molecule is CN1C(=O)[C@@H](O[Si](C)(C)C(C)(C)C)C[C@H]1C(=O)O. The topological polar surface area (TPSA) is 66.8 Å². The second kappa shape index (κ2) is 4.66. The quantitative estimate of drug-likeness (QED) is 0.795. The Hall–Kier alpha value is -0.883. The summed E-state index contributed by atoms with van der Waals surface area (Å²) >= 11 is 0. The molecule has 18 heavy (non-hydrogen) atoms. The summed E-state index contributed by atoms with van der Waals surface area (Å²) in [4.78, 5) is 24.3. The highest BCUT2D eigenvalue weighted by Gasteiger charge is 2.47. The highest BCUT2D eigenvalue weighted by Crippen LogP contribution is 2.38. The minimum atomic E-state index is -2.05. The van der Waals surface area contributed by atoms with Crippen molar-refractivity contribution in [1.29, 1.82) is 0 Å². The molecule has 5 nitrogen and oxygen atoms in total. The predicted molar refractivity (Wildman–Crippen MR) is 70.9 cm³/mol. The molecule has 0 unspecified atom stereocenters. The van der Waals surface area contributed by atoms with Gasteiger partial charge in [0.2, 0.25) is 0 Å². The third kappa shape index (κ3) is 2.75. The Bertz CT molecular complexity index is 362. The van der Waals surface area contributed by atoms with Crippen LogP contribution in [0.2, 0.25) is 18.1 Å². The minimum absolute atomic E-state index is 0.00710. The molecule has 1 heterocycles. The van der Waals surface area contributed by atoms with Crippen molar-refractivity contribution < 1.29 is 19.1 Å². The van der Waals surface area contributed by atoms with E-state index < -0.39 is 26.4 Å². The van der Waals surface area contributed by atoms with E-state index in [1.54, 1.807) is 0 Å². The van der Waals surface area contributed by atoms with E-state index in [-0.39, 0.29) is 17.4 Å². The van der Waals surface area contributed by atoms with Crippen molar-refractivity contribution in [2.45, 2.75) is 57.5 Å². The van der Waals surface area contributed by atoms with Gasteiger partial charge in [0.05, 0.1) is 0 Å². The van der Waals surface area contributed by atoms with Gasteiger partial charge in [-0.1, -0.05) is 20.8 Å². The summed E-state index contributed by atoms with van der Waals surface area (Å²) in [6.45, 7) is 10.4. The number of hydrogen-bond acceptors (Lipinski definition) is 3. The summed E-state index contributed by atoms with van der Waals surface area (Å²) in [6, 6.07) is -0.757. The van der Waals surface area contributed by atoms with Crippen LogP contribution in [-0.4, -0.2) is 49.4 Å². The summed E-state index contributed by atoms with van der Waals surface area (Å²) < 4.78 is 6.01. The number of carboxylic acid groups (broad SMARTS) is 1. The van der Waals surface area contributed by atoms with Gasteiger partial charge in [0.25, 0.3) is 5.91 Å². The third-order valence-electron chi connectivity index (χ3n) is 4.06. The molecule has 104 valence electrons. The van der Waals surface area contributed by atoms with Crippen molar-refractivity contribution in [3.63, 3.8) is 0 Å². The van der Waals surface area contributed by atoms with E-state index >= 15 is 0 Å². The number of hydrogen-bond donors (Lipinski definition) is 1. The van der Waals surface area contributed by atoms with E-state index in [0.29, 0.717) is 0 Å². The Balaban J connectivity index is 2.82. The van der Waals surface area contributed by atoms with Crippen LogP contribution >= 0.6 is 0 Å². The van der Waals surface area contributed by atoms with E-state index in [1.807, 2.05) is 0 Å². The molecule has 0 aromatic heterocycles. The van der Waals surface area contributed by atoms with Gasteiger partial charge in [0.1, 0.15) is 12.1 Å². The van der Waals surface area contributed by atoms with Crippen LogP contribution in [0.15, 0.2) is 0 Å². The smallest absolute Gasteiger partial charge is 0.326 e. The van der Waals surface area contributed by atoms with E-state index in [4.69, 9.17) is 9.53 Å². The molecule has 1 aliphatic heterocycles. The fourth-order valence-corrected chi connectivity index (χ4v) is 3.00. The maximum absolute atomic E-state index is 12.0. The van der Waals surface area contributed by atoms with Crippen LogP contribution in [0.1, 0.15) is 27.2 Å². The van der Waals surface area contributed by atoms with Gasteiger partial charge in [-0.2, -0.15) is 0 Å². The number of rotatable bonds is 3. The first kappa shape index (κ1) is 15.2. The molecule has 0 radical (unpaired) electrons. The summed E-state index contributed by atoms with van der Waals surface area (Å²) in [5.74, 6) is -1.18. The first-order valence-electron chi connectivity index (χ1n) is 6.14. The molecule has 0 aliphatic carbocycles. The van der Waals surface area contributed by atoms with Crippen molar-refractivity contribution in [3.8, 4) is 0 Å². The first-order valence-corrected chi connectivity index (χ1v) is 9.05. The van der Waals surface area contributed by atoms with E-state index in [0.717, 1.165) is 0 Å². The highest BCUT2D eigenvalue weighted by atomic mass is 28.4. The molecule has 6 heteroatoms. The summed E-state index contributed by atoms with van der Waals surface area (Å²) in [5, 5.41) is 9.05. The lowest BCUT2D eigenvalue weighted by Crippen LogP contribution is -2.45. The summed E-state index contributed by atoms with van der Waals surface area (Å²) in [7, 11) is -0.522.